The highest BCUT2D eigenvalue weighted by atomic mass is 16.5. The average Bonchev–Trinajstić information content (AvgIpc) is 3.09. The number of aryl methyl sites for hydroxylation is 1. The van der Waals surface area contributed by atoms with Crippen LogP contribution in [0.5, 0.6) is 0 Å². The van der Waals surface area contributed by atoms with Gasteiger partial charge in [-0.05, 0) is 12.8 Å². The van der Waals surface area contributed by atoms with E-state index in [-0.39, 0.29) is 5.41 Å². The van der Waals surface area contributed by atoms with Gasteiger partial charge in [-0.15, -0.1) is 0 Å². The molecule has 1 spiro atoms. The Balaban J connectivity index is 1.62. The Morgan fingerprint density at radius 2 is 2.30 bits per heavy atom. The lowest BCUT2D eigenvalue weighted by Crippen LogP contribution is -2.47. The molecule has 3 rings (SSSR count). The summed E-state index contributed by atoms with van der Waals surface area (Å²) < 4.78 is 7.71. The first-order chi connectivity index (χ1) is 9.72. The molecule has 2 aliphatic heterocycles. The minimum Gasteiger partial charge on any atom is -0.381 e. The van der Waals surface area contributed by atoms with Crippen molar-refractivity contribution in [2.24, 2.45) is 5.41 Å². The van der Waals surface area contributed by atoms with Crippen molar-refractivity contribution in [2.45, 2.75) is 39.2 Å². The van der Waals surface area contributed by atoms with Crippen molar-refractivity contribution in [2.75, 3.05) is 26.3 Å². The van der Waals surface area contributed by atoms with Crippen LogP contribution in [0.25, 0.3) is 0 Å². The predicted molar refractivity (Wildman–Crippen MR) is 75.3 cm³/mol. The van der Waals surface area contributed by atoms with Crippen LogP contribution in [0.2, 0.25) is 0 Å². The largest absolute Gasteiger partial charge is 0.381 e. The molecule has 20 heavy (non-hydrogen) atoms. The molecular formula is C15H23N3O2. The number of amides is 1. The zero-order valence-electron chi connectivity index (χ0n) is 12.2. The number of piperidine rings is 1. The lowest BCUT2D eigenvalue weighted by Gasteiger charge is -2.39. The molecule has 1 amide bonds. The van der Waals surface area contributed by atoms with E-state index in [0.29, 0.717) is 12.3 Å². The van der Waals surface area contributed by atoms with Crippen molar-refractivity contribution >= 4 is 5.91 Å². The first-order valence-electron chi connectivity index (χ1n) is 7.58. The van der Waals surface area contributed by atoms with E-state index >= 15 is 0 Å². The van der Waals surface area contributed by atoms with Crippen molar-refractivity contribution in [1.82, 2.24) is 14.5 Å². The van der Waals surface area contributed by atoms with Crippen molar-refractivity contribution in [3.8, 4) is 0 Å². The Morgan fingerprint density at radius 3 is 3.05 bits per heavy atom. The summed E-state index contributed by atoms with van der Waals surface area (Å²) in [6.07, 6.45) is 7.53. The van der Waals surface area contributed by atoms with Crippen LogP contribution in [0.3, 0.4) is 0 Å². The van der Waals surface area contributed by atoms with Gasteiger partial charge in [0, 0.05) is 56.9 Å². The predicted octanol–water partition coefficient (Wildman–Crippen LogP) is 1.47. The molecule has 2 aliphatic rings. The lowest BCUT2D eigenvalue weighted by atomic mass is 9.79. The Hall–Kier alpha value is -1.36. The summed E-state index contributed by atoms with van der Waals surface area (Å²) in [5.41, 5.74) is 0.233. The summed E-state index contributed by atoms with van der Waals surface area (Å²) in [5, 5.41) is 0. The molecule has 110 valence electrons. The Morgan fingerprint density at radius 1 is 1.40 bits per heavy atom. The molecule has 0 aliphatic carbocycles. The highest BCUT2D eigenvalue weighted by Gasteiger charge is 2.41. The summed E-state index contributed by atoms with van der Waals surface area (Å²) in [6, 6.07) is 0. The fourth-order valence-electron chi connectivity index (χ4n) is 3.36. The van der Waals surface area contributed by atoms with Gasteiger partial charge in [0.05, 0.1) is 6.61 Å². The van der Waals surface area contributed by atoms with Crippen LogP contribution >= 0.6 is 0 Å². The van der Waals surface area contributed by atoms with E-state index in [4.69, 9.17) is 4.74 Å². The number of nitrogens with zero attached hydrogens (tertiary/aromatic N) is 3. The molecule has 3 heterocycles. The molecule has 1 aromatic rings. The van der Waals surface area contributed by atoms with E-state index in [1.807, 2.05) is 17.3 Å². The third-order valence-electron chi connectivity index (χ3n) is 4.66. The minimum absolute atomic E-state index is 0.233. The Kier molecular flexibility index (Phi) is 3.78. The van der Waals surface area contributed by atoms with Crippen LogP contribution < -0.4 is 0 Å². The standard InChI is InChI=1S/C15H23N3O2/c1-2-13-16-6-7-17(13)8-9-18-11-15(4-3-14(18)19)5-10-20-12-15/h6-7H,2-5,8-12H2,1H3/t15-/m0/s1. The summed E-state index contributed by atoms with van der Waals surface area (Å²) in [4.78, 5) is 18.5. The molecular weight excluding hydrogens is 254 g/mol. The van der Waals surface area contributed by atoms with Crippen molar-refractivity contribution in [1.29, 1.82) is 0 Å². The molecule has 1 aromatic heterocycles. The number of hydrogen-bond donors (Lipinski definition) is 0. The average molecular weight is 277 g/mol. The molecule has 0 bridgehead atoms. The van der Waals surface area contributed by atoms with Gasteiger partial charge in [-0.1, -0.05) is 6.92 Å². The van der Waals surface area contributed by atoms with Gasteiger partial charge in [0.25, 0.3) is 0 Å². The van der Waals surface area contributed by atoms with E-state index in [9.17, 15) is 4.79 Å². The van der Waals surface area contributed by atoms with E-state index in [0.717, 1.165) is 57.9 Å². The zero-order chi connectivity index (χ0) is 14.0. The molecule has 0 aromatic carbocycles. The summed E-state index contributed by atoms with van der Waals surface area (Å²) in [7, 11) is 0. The van der Waals surface area contributed by atoms with Crippen molar-refractivity contribution in [3.05, 3.63) is 18.2 Å². The molecule has 0 unspecified atom stereocenters. The zero-order valence-corrected chi connectivity index (χ0v) is 12.2. The molecule has 2 saturated heterocycles. The molecule has 1 atom stereocenters. The van der Waals surface area contributed by atoms with Crippen molar-refractivity contribution in [3.63, 3.8) is 0 Å². The van der Waals surface area contributed by atoms with E-state index < -0.39 is 0 Å². The maximum atomic E-state index is 12.1. The number of ether oxygens (including phenoxy) is 1. The van der Waals surface area contributed by atoms with Gasteiger partial charge in [-0.3, -0.25) is 4.79 Å². The molecule has 0 saturated carbocycles. The van der Waals surface area contributed by atoms with Gasteiger partial charge in [-0.2, -0.15) is 0 Å². The topological polar surface area (TPSA) is 47.4 Å². The summed E-state index contributed by atoms with van der Waals surface area (Å²) in [5.74, 6) is 1.38. The number of aromatic nitrogens is 2. The fraction of sp³-hybridized carbons (Fsp3) is 0.733. The normalized spacial score (nSPS) is 26.6. The smallest absolute Gasteiger partial charge is 0.222 e. The van der Waals surface area contributed by atoms with Gasteiger partial charge >= 0.3 is 0 Å². The number of carbonyl (C=O) groups excluding carboxylic acids is 1. The Labute approximate surface area is 119 Å². The second-order valence-corrected chi connectivity index (χ2v) is 6.01. The number of carbonyl (C=O) groups is 1. The fourth-order valence-corrected chi connectivity index (χ4v) is 3.36. The van der Waals surface area contributed by atoms with Crippen molar-refractivity contribution < 1.29 is 9.53 Å². The molecule has 0 radical (unpaired) electrons. The molecule has 5 nitrogen and oxygen atoms in total. The van der Waals surface area contributed by atoms with Crippen LogP contribution in [0.15, 0.2) is 12.4 Å². The van der Waals surface area contributed by atoms with Crippen LogP contribution in [0.1, 0.15) is 32.0 Å². The number of hydrogen-bond acceptors (Lipinski definition) is 3. The number of rotatable bonds is 4. The lowest BCUT2D eigenvalue weighted by molar-refractivity contribution is -0.137. The van der Waals surface area contributed by atoms with Gasteiger partial charge in [0.1, 0.15) is 5.82 Å². The van der Waals surface area contributed by atoms with Gasteiger partial charge < -0.3 is 14.2 Å². The third kappa shape index (κ3) is 2.59. The first-order valence-corrected chi connectivity index (χ1v) is 7.58. The van der Waals surface area contributed by atoms with E-state index in [2.05, 4.69) is 16.5 Å². The molecule has 0 N–H and O–H groups in total. The summed E-state index contributed by atoms with van der Waals surface area (Å²) >= 11 is 0. The number of imidazole rings is 1. The highest BCUT2D eigenvalue weighted by Crippen LogP contribution is 2.37. The maximum Gasteiger partial charge on any atom is 0.222 e. The third-order valence-corrected chi connectivity index (χ3v) is 4.66. The van der Waals surface area contributed by atoms with Crippen LogP contribution in [-0.2, 0) is 22.5 Å². The minimum atomic E-state index is 0.233. The SMILES string of the molecule is CCc1nccn1CCN1C[C@@]2(CCOC2)CCC1=O. The van der Waals surface area contributed by atoms with E-state index in [1.165, 1.54) is 0 Å². The monoisotopic (exact) mass is 277 g/mol. The van der Waals surface area contributed by atoms with Gasteiger partial charge in [0.2, 0.25) is 5.91 Å². The Bertz CT molecular complexity index is 477. The van der Waals surface area contributed by atoms with Gasteiger partial charge in [-0.25, -0.2) is 4.98 Å². The maximum absolute atomic E-state index is 12.1. The molecule has 5 heteroatoms. The highest BCUT2D eigenvalue weighted by molar-refractivity contribution is 5.77. The quantitative estimate of drug-likeness (QED) is 0.837. The summed E-state index contributed by atoms with van der Waals surface area (Å²) in [6.45, 7) is 6.26. The van der Waals surface area contributed by atoms with Gasteiger partial charge in [0.15, 0.2) is 0 Å². The second kappa shape index (κ2) is 5.56. The second-order valence-electron chi connectivity index (χ2n) is 6.01. The number of likely N-dealkylation sites (tertiary alicyclic amines) is 1. The van der Waals surface area contributed by atoms with Crippen LogP contribution in [-0.4, -0.2) is 46.7 Å². The molecule has 2 fully saturated rings. The first kappa shape index (κ1) is 13.6. The van der Waals surface area contributed by atoms with Crippen LogP contribution in [0, 0.1) is 5.41 Å². The van der Waals surface area contributed by atoms with Crippen LogP contribution in [0.4, 0.5) is 0 Å². The van der Waals surface area contributed by atoms with E-state index in [1.54, 1.807) is 0 Å².